The molecular formula is C10H18N6S. The lowest BCUT2D eigenvalue weighted by Crippen LogP contribution is -2.39. The van der Waals surface area contributed by atoms with Crippen molar-refractivity contribution in [1.29, 1.82) is 0 Å². The van der Waals surface area contributed by atoms with Gasteiger partial charge in [0.05, 0.1) is 18.6 Å². The van der Waals surface area contributed by atoms with Crippen LogP contribution in [-0.2, 0) is 13.6 Å². The number of nitrogens with two attached hydrogens (primary N) is 1. The number of aromatic nitrogens is 4. The van der Waals surface area contributed by atoms with E-state index in [-0.39, 0.29) is 0 Å². The first-order chi connectivity index (χ1) is 8.15. The van der Waals surface area contributed by atoms with E-state index in [2.05, 4.69) is 20.3 Å². The second-order valence-electron chi connectivity index (χ2n) is 4.50. The van der Waals surface area contributed by atoms with Crippen LogP contribution in [0.4, 0.5) is 0 Å². The van der Waals surface area contributed by atoms with E-state index in [4.69, 9.17) is 18.0 Å². The van der Waals surface area contributed by atoms with Gasteiger partial charge in [0.2, 0.25) is 0 Å². The van der Waals surface area contributed by atoms with Gasteiger partial charge < -0.3 is 5.73 Å². The fourth-order valence-electron chi connectivity index (χ4n) is 2.35. The third kappa shape index (κ3) is 3.44. The lowest BCUT2D eigenvalue weighted by Gasteiger charge is -2.26. The summed E-state index contributed by atoms with van der Waals surface area (Å²) in [5.41, 5.74) is 5.65. The van der Waals surface area contributed by atoms with Crippen molar-refractivity contribution in [2.45, 2.75) is 38.3 Å². The summed E-state index contributed by atoms with van der Waals surface area (Å²) in [5.74, 6) is 0.732. The van der Waals surface area contributed by atoms with Crippen LogP contribution in [0.2, 0.25) is 0 Å². The minimum Gasteiger partial charge on any atom is -0.392 e. The molecule has 2 rings (SSSR count). The van der Waals surface area contributed by atoms with Crippen LogP contribution in [0.5, 0.6) is 0 Å². The lowest BCUT2D eigenvalue weighted by atomic mass is 10.2. The van der Waals surface area contributed by atoms with E-state index >= 15 is 0 Å². The molecule has 2 N–H and O–H groups in total. The lowest BCUT2D eigenvalue weighted by molar-refractivity contribution is 0.213. The fourth-order valence-corrected chi connectivity index (χ4v) is 2.52. The Labute approximate surface area is 106 Å². The molecule has 1 aliphatic carbocycles. The second kappa shape index (κ2) is 5.50. The Kier molecular flexibility index (Phi) is 4.01. The van der Waals surface area contributed by atoms with E-state index in [0.29, 0.717) is 24.1 Å². The van der Waals surface area contributed by atoms with Gasteiger partial charge in [0.15, 0.2) is 5.82 Å². The summed E-state index contributed by atoms with van der Waals surface area (Å²) in [7, 11) is 1.77. The molecule has 0 bridgehead atoms. The molecule has 0 radical (unpaired) electrons. The van der Waals surface area contributed by atoms with Crippen molar-refractivity contribution < 1.29 is 0 Å². The first kappa shape index (κ1) is 12.4. The van der Waals surface area contributed by atoms with Gasteiger partial charge in [0, 0.05) is 12.6 Å². The van der Waals surface area contributed by atoms with Crippen LogP contribution in [0, 0.1) is 0 Å². The summed E-state index contributed by atoms with van der Waals surface area (Å²) in [5, 5.41) is 12.0. The molecule has 0 saturated heterocycles. The van der Waals surface area contributed by atoms with Crippen molar-refractivity contribution in [3.05, 3.63) is 5.82 Å². The summed E-state index contributed by atoms with van der Waals surface area (Å²) in [6.07, 6.45) is 4.99. The molecule has 1 aliphatic rings. The normalized spacial score (nSPS) is 16.8. The molecule has 1 aromatic heterocycles. The molecule has 0 aliphatic heterocycles. The molecule has 0 spiro atoms. The molecule has 7 heteroatoms. The van der Waals surface area contributed by atoms with Crippen molar-refractivity contribution in [3.8, 4) is 0 Å². The third-order valence-corrected chi connectivity index (χ3v) is 3.22. The van der Waals surface area contributed by atoms with E-state index in [0.717, 1.165) is 5.82 Å². The first-order valence-electron chi connectivity index (χ1n) is 5.90. The number of rotatable bonds is 5. The number of nitrogens with zero attached hydrogens (tertiary/aromatic N) is 5. The van der Waals surface area contributed by atoms with Gasteiger partial charge in [-0.3, -0.25) is 4.90 Å². The summed E-state index contributed by atoms with van der Waals surface area (Å²) < 4.78 is 0. The SMILES string of the molecule is Cn1nnc(CN(CC(N)=S)C2CCCC2)n1. The third-order valence-electron chi connectivity index (χ3n) is 3.09. The Bertz CT molecular complexity index is 384. The monoisotopic (exact) mass is 254 g/mol. The highest BCUT2D eigenvalue weighted by molar-refractivity contribution is 7.80. The predicted molar refractivity (Wildman–Crippen MR) is 68.2 cm³/mol. The van der Waals surface area contributed by atoms with Crippen molar-refractivity contribution in [2.24, 2.45) is 12.8 Å². The average molecular weight is 254 g/mol. The van der Waals surface area contributed by atoms with E-state index < -0.39 is 0 Å². The highest BCUT2D eigenvalue weighted by atomic mass is 32.1. The van der Waals surface area contributed by atoms with E-state index in [1.54, 1.807) is 7.05 Å². The van der Waals surface area contributed by atoms with Gasteiger partial charge in [0.25, 0.3) is 0 Å². The van der Waals surface area contributed by atoms with Gasteiger partial charge in [-0.2, -0.15) is 4.80 Å². The minimum atomic E-state index is 0.529. The van der Waals surface area contributed by atoms with Gasteiger partial charge in [-0.1, -0.05) is 25.1 Å². The predicted octanol–water partition coefficient (Wildman–Crippen LogP) is 0.241. The largest absolute Gasteiger partial charge is 0.392 e. The molecule has 0 unspecified atom stereocenters. The fraction of sp³-hybridized carbons (Fsp3) is 0.800. The zero-order chi connectivity index (χ0) is 12.3. The number of hydrogen-bond donors (Lipinski definition) is 1. The van der Waals surface area contributed by atoms with Crippen molar-refractivity contribution in [2.75, 3.05) is 6.54 Å². The van der Waals surface area contributed by atoms with Crippen LogP contribution >= 0.6 is 12.2 Å². The molecule has 1 fully saturated rings. The Morgan fingerprint density at radius 3 is 2.76 bits per heavy atom. The summed E-state index contributed by atoms with van der Waals surface area (Å²) in [6.45, 7) is 1.31. The molecule has 1 heterocycles. The molecular weight excluding hydrogens is 236 g/mol. The van der Waals surface area contributed by atoms with Crippen molar-refractivity contribution >= 4 is 17.2 Å². The smallest absolute Gasteiger partial charge is 0.188 e. The molecule has 1 aromatic rings. The number of hydrogen-bond acceptors (Lipinski definition) is 5. The Hall–Kier alpha value is -1.08. The van der Waals surface area contributed by atoms with Crippen LogP contribution in [0.15, 0.2) is 0 Å². The highest BCUT2D eigenvalue weighted by Gasteiger charge is 2.24. The van der Waals surface area contributed by atoms with Gasteiger partial charge in [-0.25, -0.2) is 0 Å². The average Bonchev–Trinajstić information content (AvgIpc) is 2.87. The van der Waals surface area contributed by atoms with Crippen LogP contribution < -0.4 is 5.73 Å². The molecule has 0 aromatic carbocycles. The van der Waals surface area contributed by atoms with Gasteiger partial charge in [-0.05, 0) is 18.1 Å². The standard InChI is InChI=1S/C10H18N6S/c1-15-13-10(12-14-15)7-16(6-9(11)17)8-4-2-3-5-8/h8H,2-7H2,1H3,(H2,11,17). The molecule has 0 atom stereocenters. The van der Waals surface area contributed by atoms with Gasteiger partial charge in [-0.15, -0.1) is 10.2 Å². The Balaban J connectivity index is 2.01. The van der Waals surface area contributed by atoms with Crippen LogP contribution in [0.1, 0.15) is 31.5 Å². The first-order valence-corrected chi connectivity index (χ1v) is 6.31. The molecule has 6 nitrogen and oxygen atoms in total. The molecule has 0 amide bonds. The van der Waals surface area contributed by atoms with E-state index in [9.17, 15) is 0 Å². The van der Waals surface area contributed by atoms with Crippen LogP contribution in [0.3, 0.4) is 0 Å². The quantitative estimate of drug-likeness (QED) is 0.759. The van der Waals surface area contributed by atoms with E-state index in [1.807, 2.05) is 0 Å². The molecule has 94 valence electrons. The minimum absolute atomic E-state index is 0.529. The summed E-state index contributed by atoms with van der Waals surface area (Å²) >= 11 is 5.00. The van der Waals surface area contributed by atoms with Crippen LogP contribution in [-0.4, -0.2) is 42.7 Å². The summed E-state index contributed by atoms with van der Waals surface area (Å²) in [4.78, 5) is 4.27. The number of tetrazole rings is 1. The Morgan fingerprint density at radius 1 is 1.53 bits per heavy atom. The van der Waals surface area contributed by atoms with Gasteiger partial charge >= 0.3 is 0 Å². The number of aryl methyl sites for hydroxylation is 1. The zero-order valence-electron chi connectivity index (χ0n) is 10.0. The Morgan fingerprint density at radius 2 is 2.24 bits per heavy atom. The topological polar surface area (TPSA) is 72.9 Å². The second-order valence-corrected chi connectivity index (χ2v) is 5.03. The van der Waals surface area contributed by atoms with Crippen molar-refractivity contribution in [1.82, 2.24) is 25.1 Å². The molecule has 1 saturated carbocycles. The molecule has 17 heavy (non-hydrogen) atoms. The maximum Gasteiger partial charge on any atom is 0.188 e. The van der Waals surface area contributed by atoms with Crippen molar-refractivity contribution in [3.63, 3.8) is 0 Å². The maximum absolute atomic E-state index is 5.65. The maximum atomic E-state index is 5.65. The van der Waals surface area contributed by atoms with Gasteiger partial charge in [0.1, 0.15) is 0 Å². The summed E-state index contributed by atoms with van der Waals surface area (Å²) in [6, 6.07) is 0.556. The van der Waals surface area contributed by atoms with E-state index in [1.165, 1.54) is 30.5 Å². The highest BCUT2D eigenvalue weighted by Crippen LogP contribution is 2.24. The zero-order valence-corrected chi connectivity index (χ0v) is 10.9. The number of thiocarbonyl (C=S) groups is 1. The van der Waals surface area contributed by atoms with Crippen LogP contribution in [0.25, 0.3) is 0 Å².